The van der Waals surface area contributed by atoms with E-state index in [1.807, 2.05) is 50.4 Å². The Labute approximate surface area is 123 Å². The van der Waals surface area contributed by atoms with Crippen LogP contribution in [0.2, 0.25) is 0 Å². The summed E-state index contributed by atoms with van der Waals surface area (Å²) in [5, 5.41) is 0. The molecule has 0 bridgehead atoms. The Morgan fingerprint density at radius 1 is 0.952 bits per heavy atom. The molecule has 3 rings (SSSR count). The fourth-order valence-corrected chi connectivity index (χ4v) is 2.59. The lowest BCUT2D eigenvalue weighted by Gasteiger charge is -2.11. The molecule has 0 radical (unpaired) electrons. The number of aromatic nitrogens is 2. The number of benzene rings is 2. The molecule has 1 heterocycles. The van der Waals surface area contributed by atoms with Crippen LogP contribution in [-0.2, 0) is 7.05 Å². The molecule has 0 aliphatic carbocycles. The van der Waals surface area contributed by atoms with E-state index in [4.69, 9.17) is 0 Å². The lowest BCUT2D eigenvalue weighted by molar-refractivity contribution is 0.894. The van der Waals surface area contributed by atoms with Gasteiger partial charge < -0.3 is 4.57 Å². The van der Waals surface area contributed by atoms with E-state index in [1.165, 1.54) is 11.1 Å². The highest BCUT2D eigenvalue weighted by Gasteiger charge is 2.13. The van der Waals surface area contributed by atoms with Gasteiger partial charge in [-0.05, 0) is 49.6 Å². The Balaban J connectivity index is 2.41. The number of fused-ring (bicyclic) bond motifs is 1. The zero-order valence-electron chi connectivity index (χ0n) is 12.8. The molecule has 0 unspecified atom stereocenters. The highest BCUT2D eigenvalue weighted by atomic mass is 16.1. The zero-order valence-corrected chi connectivity index (χ0v) is 12.8. The van der Waals surface area contributed by atoms with E-state index in [2.05, 4.69) is 18.8 Å². The lowest BCUT2D eigenvalue weighted by atomic mass is 10.0. The molecular formula is C18H18N2O. The normalized spacial score (nSPS) is 11.0. The molecule has 0 fully saturated rings. The van der Waals surface area contributed by atoms with E-state index in [9.17, 15) is 4.79 Å². The van der Waals surface area contributed by atoms with E-state index in [0.29, 0.717) is 5.69 Å². The third-order valence-corrected chi connectivity index (χ3v) is 4.09. The predicted molar refractivity (Wildman–Crippen MR) is 86.6 cm³/mol. The average Bonchev–Trinajstić information content (AvgIpc) is 2.46. The number of hydrogen-bond donors (Lipinski definition) is 0. The van der Waals surface area contributed by atoms with E-state index < -0.39 is 0 Å². The van der Waals surface area contributed by atoms with Crippen molar-refractivity contribution in [2.24, 2.45) is 7.05 Å². The van der Waals surface area contributed by atoms with Crippen LogP contribution in [0.5, 0.6) is 0 Å². The number of aryl methyl sites for hydroxylation is 4. The molecule has 0 amide bonds. The molecule has 0 spiro atoms. The summed E-state index contributed by atoms with van der Waals surface area (Å²) in [6.07, 6.45) is 0. The van der Waals surface area contributed by atoms with Gasteiger partial charge in [0.05, 0.1) is 11.0 Å². The van der Waals surface area contributed by atoms with Crippen LogP contribution in [0.1, 0.15) is 16.7 Å². The Morgan fingerprint density at radius 2 is 1.62 bits per heavy atom. The van der Waals surface area contributed by atoms with Crippen molar-refractivity contribution in [1.82, 2.24) is 9.55 Å². The van der Waals surface area contributed by atoms with Gasteiger partial charge in [-0.15, -0.1) is 0 Å². The third kappa shape index (κ3) is 2.15. The molecule has 0 aliphatic heterocycles. The summed E-state index contributed by atoms with van der Waals surface area (Å²) in [6.45, 7) is 6.12. The fraction of sp³-hybridized carbons (Fsp3) is 0.222. The highest BCUT2D eigenvalue weighted by molar-refractivity contribution is 5.80. The van der Waals surface area contributed by atoms with Gasteiger partial charge in [0, 0.05) is 12.6 Å². The van der Waals surface area contributed by atoms with Crippen LogP contribution in [0.15, 0.2) is 41.2 Å². The molecule has 0 saturated carbocycles. The second-order valence-corrected chi connectivity index (χ2v) is 5.56. The highest BCUT2D eigenvalue weighted by Crippen LogP contribution is 2.22. The molecule has 0 N–H and O–H groups in total. The minimum absolute atomic E-state index is 0.0555. The summed E-state index contributed by atoms with van der Waals surface area (Å²) in [6, 6.07) is 11.9. The first-order chi connectivity index (χ1) is 9.99. The Morgan fingerprint density at radius 3 is 2.33 bits per heavy atom. The van der Waals surface area contributed by atoms with Crippen LogP contribution in [0, 0.1) is 20.8 Å². The number of hydrogen-bond acceptors (Lipinski definition) is 2. The van der Waals surface area contributed by atoms with Crippen LogP contribution >= 0.6 is 0 Å². The summed E-state index contributed by atoms with van der Waals surface area (Å²) in [5.74, 6) is 0. The van der Waals surface area contributed by atoms with E-state index >= 15 is 0 Å². The summed E-state index contributed by atoms with van der Waals surface area (Å²) >= 11 is 0. The zero-order chi connectivity index (χ0) is 15.1. The molecule has 3 nitrogen and oxygen atoms in total. The molecular weight excluding hydrogens is 260 g/mol. The van der Waals surface area contributed by atoms with Gasteiger partial charge in [0.1, 0.15) is 5.69 Å². The second-order valence-electron chi connectivity index (χ2n) is 5.56. The van der Waals surface area contributed by atoms with Gasteiger partial charge in [0.25, 0.3) is 5.56 Å². The molecule has 1 aromatic heterocycles. The first kappa shape index (κ1) is 13.6. The first-order valence-electron chi connectivity index (χ1n) is 7.03. The van der Waals surface area contributed by atoms with Gasteiger partial charge in [0.2, 0.25) is 0 Å². The van der Waals surface area contributed by atoms with Crippen LogP contribution < -0.4 is 5.56 Å². The number of nitrogens with zero attached hydrogens (tertiary/aromatic N) is 2. The summed E-state index contributed by atoms with van der Waals surface area (Å²) in [4.78, 5) is 17.3. The van der Waals surface area contributed by atoms with E-state index in [1.54, 1.807) is 4.57 Å². The van der Waals surface area contributed by atoms with E-state index in [0.717, 1.165) is 22.2 Å². The standard InChI is InChI=1S/C18H18N2O/c1-11-7-5-6-8-14(11)17-18(21)20(4)16-10-13(3)12(2)9-15(16)19-17/h5-10H,1-4H3. The Kier molecular flexibility index (Phi) is 3.13. The molecule has 3 heteroatoms. The summed E-state index contributed by atoms with van der Waals surface area (Å²) < 4.78 is 1.69. The molecule has 0 aliphatic rings. The van der Waals surface area contributed by atoms with Crippen LogP contribution in [0.4, 0.5) is 0 Å². The van der Waals surface area contributed by atoms with Gasteiger partial charge in [-0.1, -0.05) is 24.3 Å². The summed E-state index contributed by atoms with van der Waals surface area (Å²) in [7, 11) is 1.81. The Bertz CT molecular complexity index is 907. The maximum absolute atomic E-state index is 12.6. The van der Waals surface area contributed by atoms with Crippen LogP contribution in [-0.4, -0.2) is 9.55 Å². The van der Waals surface area contributed by atoms with Crippen molar-refractivity contribution < 1.29 is 0 Å². The first-order valence-corrected chi connectivity index (χ1v) is 7.03. The fourth-order valence-electron chi connectivity index (χ4n) is 2.59. The van der Waals surface area contributed by atoms with Crippen molar-refractivity contribution in [3.8, 4) is 11.3 Å². The van der Waals surface area contributed by atoms with E-state index in [-0.39, 0.29) is 5.56 Å². The van der Waals surface area contributed by atoms with Gasteiger partial charge in [-0.25, -0.2) is 4.98 Å². The van der Waals surface area contributed by atoms with Gasteiger partial charge in [-0.2, -0.15) is 0 Å². The van der Waals surface area contributed by atoms with Gasteiger partial charge >= 0.3 is 0 Å². The van der Waals surface area contributed by atoms with Crippen molar-refractivity contribution in [1.29, 1.82) is 0 Å². The second kappa shape index (κ2) is 4.85. The quantitative estimate of drug-likeness (QED) is 0.682. The largest absolute Gasteiger partial charge is 0.308 e. The Hall–Kier alpha value is -2.42. The molecule has 0 saturated heterocycles. The van der Waals surface area contributed by atoms with Gasteiger partial charge in [-0.3, -0.25) is 4.79 Å². The topological polar surface area (TPSA) is 34.9 Å². The van der Waals surface area contributed by atoms with Crippen LogP contribution in [0.25, 0.3) is 22.3 Å². The smallest absolute Gasteiger partial charge is 0.277 e. The molecule has 0 atom stereocenters. The predicted octanol–water partition coefficient (Wildman–Crippen LogP) is 3.53. The van der Waals surface area contributed by atoms with Gasteiger partial charge in [0.15, 0.2) is 0 Å². The minimum atomic E-state index is -0.0555. The molecule has 106 valence electrons. The van der Waals surface area contributed by atoms with Crippen LogP contribution in [0.3, 0.4) is 0 Å². The third-order valence-electron chi connectivity index (χ3n) is 4.09. The summed E-state index contributed by atoms with van der Waals surface area (Å²) in [5.41, 5.74) is 6.51. The number of rotatable bonds is 1. The minimum Gasteiger partial charge on any atom is -0.308 e. The van der Waals surface area contributed by atoms with Crippen molar-refractivity contribution in [3.05, 3.63) is 63.4 Å². The lowest BCUT2D eigenvalue weighted by Crippen LogP contribution is -2.21. The molecule has 21 heavy (non-hydrogen) atoms. The van der Waals surface area contributed by atoms with Crippen molar-refractivity contribution >= 4 is 11.0 Å². The van der Waals surface area contributed by atoms with Crippen molar-refractivity contribution in [2.75, 3.05) is 0 Å². The maximum Gasteiger partial charge on any atom is 0.277 e. The van der Waals surface area contributed by atoms with Crippen molar-refractivity contribution in [3.63, 3.8) is 0 Å². The maximum atomic E-state index is 12.6. The molecule has 3 aromatic rings. The van der Waals surface area contributed by atoms with Crippen molar-refractivity contribution in [2.45, 2.75) is 20.8 Å². The SMILES string of the molecule is Cc1cc2nc(-c3ccccc3C)c(=O)n(C)c2cc1C. The monoisotopic (exact) mass is 278 g/mol. The molecule has 2 aromatic carbocycles. The average molecular weight is 278 g/mol.